The van der Waals surface area contributed by atoms with Crippen LogP contribution in [0.2, 0.25) is 5.02 Å². The number of hydrogen-bond acceptors (Lipinski definition) is 7. The van der Waals surface area contributed by atoms with Crippen LogP contribution < -0.4 is 20.3 Å². The van der Waals surface area contributed by atoms with Gasteiger partial charge < -0.3 is 9.14 Å². The van der Waals surface area contributed by atoms with Crippen LogP contribution >= 0.6 is 11.6 Å². The van der Waals surface area contributed by atoms with Gasteiger partial charge in [-0.1, -0.05) is 17.7 Å². The molecule has 0 spiro atoms. The van der Waals surface area contributed by atoms with Gasteiger partial charge in [0.05, 0.1) is 47.0 Å². The molecule has 35 heavy (non-hydrogen) atoms. The van der Waals surface area contributed by atoms with Gasteiger partial charge in [-0.15, -0.1) is 0 Å². The maximum absolute atomic E-state index is 15.5. The first-order valence-electron chi connectivity index (χ1n) is 10.4. The number of halogens is 3. The quantitative estimate of drug-likeness (QED) is 0.356. The van der Waals surface area contributed by atoms with Crippen molar-refractivity contribution < 1.29 is 21.9 Å². The number of anilines is 1. The Hall–Kier alpha value is -3.32. The fourth-order valence-corrected chi connectivity index (χ4v) is 5.40. The van der Waals surface area contributed by atoms with Gasteiger partial charge in [0.2, 0.25) is 5.88 Å². The van der Waals surface area contributed by atoms with Crippen LogP contribution in [0.25, 0.3) is 16.6 Å². The van der Waals surface area contributed by atoms with Crippen molar-refractivity contribution in [3.8, 4) is 17.0 Å². The Morgan fingerprint density at radius 2 is 2.06 bits per heavy atom. The van der Waals surface area contributed by atoms with Crippen molar-refractivity contribution in [2.75, 3.05) is 18.4 Å². The fourth-order valence-electron chi connectivity index (χ4n) is 3.98. The summed E-state index contributed by atoms with van der Waals surface area (Å²) in [5, 5.41) is 0.0445. The lowest BCUT2D eigenvalue weighted by Crippen LogP contribution is -2.24. The average molecular weight is 521 g/mol. The standard InChI is InChI=1S/C22H19ClF2N6O3S/c1-34-22-18(8-13(23)9-26-22)35(32,33)30-15-4-3-14(24)19(20(15)25)12-2-5-17-21(16-6-7-28-29-16)27-11-31(17)10-12/h2-5,8-11,16,28-30H,6-7H2,1H3. The molecule has 0 bridgehead atoms. The fraction of sp³-hybridized carbons (Fsp3) is 0.182. The molecule has 13 heteroatoms. The van der Waals surface area contributed by atoms with Gasteiger partial charge in [0.25, 0.3) is 10.0 Å². The number of ether oxygens (including phenoxy) is 1. The highest BCUT2D eigenvalue weighted by atomic mass is 35.5. The highest BCUT2D eigenvalue weighted by Crippen LogP contribution is 2.34. The number of benzene rings is 1. The number of rotatable bonds is 6. The molecule has 1 aliphatic heterocycles. The average Bonchev–Trinajstić information content (AvgIpc) is 3.50. The highest BCUT2D eigenvalue weighted by Gasteiger charge is 2.26. The van der Waals surface area contributed by atoms with Gasteiger partial charge >= 0.3 is 0 Å². The van der Waals surface area contributed by atoms with E-state index in [0.717, 1.165) is 42.4 Å². The van der Waals surface area contributed by atoms with Crippen molar-refractivity contribution >= 4 is 32.8 Å². The predicted molar refractivity (Wildman–Crippen MR) is 126 cm³/mol. The Labute approximate surface area is 204 Å². The monoisotopic (exact) mass is 520 g/mol. The summed E-state index contributed by atoms with van der Waals surface area (Å²) in [6, 6.07) is 6.42. The first-order chi connectivity index (χ1) is 16.8. The maximum Gasteiger partial charge on any atom is 0.267 e. The minimum atomic E-state index is -4.37. The summed E-state index contributed by atoms with van der Waals surface area (Å²) in [5.41, 5.74) is 7.15. The normalized spacial score (nSPS) is 16.1. The molecular weight excluding hydrogens is 502 g/mol. The molecule has 1 aromatic carbocycles. The van der Waals surface area contributed by atoms with E-state index in [9.17, 15) is 12.8 Å². The SMILES string of the molecule is COc1ncc(Cl)cc1S(=O)(=O)Nc1ccc(F)c(-c2ccc3c(C4CCNN4)ncn3c2)c1F. The Morgan fingerprint density at radius 3 is 2.80 bits per heavy atom. The Bertz CT molecular complexity index is 1540. The topological polar surface area (TPSA) is 110 Å². The summed E-state index contributed by atoms with van der Waals surface area (Å²) in [6.07, 6.45) is 5.17. The summed E-state index contributed by atoms with van der Waals surface area (Å²) < 4.78 is 65.0. The maximum atomic E-state index is 15.5. The van der Waals surface area contributed by atoms with Gasteiger partial charge in [-0.05, 0) is 30.7 Å². The third kappa shape index (κ3) is 4.29. The molecule has 3 N–H and O–H groups in total. The van der Waals surface area contributed by atoms with Crippen LogP contribution in [0.5, 0.6) is 5.88 Å². The Morgan fingerprint density at radius 1 is 1.23 bits per heavy atom. The second-order valence-corrected chi connectivity index (χ2v) is 9.89. The van der Waals surface area contributed by atoms with Crippen molar-refractivity contribution in [2.24, 2.45) is 0 Å². The van der Waals surface area contributed by atoms with E-state index < -0.39 is 27.3 Å². The molecule has 5 rings (SSSR count). The number of nitrogens with one attached hydrogen (secondary N) is 3. The summed E-state index contributed by atoms with van der Waals surface area (Å²) in [7, 11) is -3.13. The van der Waals surface area contributed by atoms with Gasteiger partial charge in [0.1, 0.15) is 5.82 Å². The number of methoxy groups -OCH3 is 1. The zero-order valence-electron chi connectivity index (χ0n) is 18.2. The van der Waals surface area contributed by atoms with Gasteiger partial charge in [-0.2, -0.15) is 0 Å². The number of imidazole rings is 1. The predicted octanol–water partition coefficient (Wildman–Crippen LogP) is 3.68. The number of hydrogen-bond donors (Lipinski definition) is 3. The van der Waals surface area contributed by atoms with E-state index in [4.69, 9.17) is 16.3 Å². The van der Waals surface area contributed by atoms with Crippen LogP contribution in [-0.2, 0) is 10.0 Å². The second kappa shape index (κ2) is 9.04. The van der Waals surface area contributed by atoms with Gasteiger partial charge in [-0.25, -0.2) is 32.6 Å². The Kier molecular flexibility index (Phi) is 6.05. The van der Waals surface area contributed by atoms with Crippen LogP contribution in [0.1, 0.15) is 18.2 Å². The molecule has 0 aliphatic carbocycles. The summed E-state index contributed by atoms with van der Waals surface area (Å²) in [6.45, 7) is 0.804. The van der Waals surface area contributed by atoms with Crippen molar-refractivity contribution in [1.82, 2.24) is 25.2 Å². The molecule has 9 nitrogen and oxygen atoms in total. The van der Waals surface area contributed by atoms with Gasteiger partial charge in [0, 0.05) is 24.5 Å². The lowest BCUT2D eigenvalue weighted by molar-refractivity contribution is 0.385. The van der Waals surface area contributed by atoms with Crippen molar-refractivity contribution in [2.45, 2.75) is 17.4 Å². The largest absolute Gasteiger partial charge is 0.480 e. The van der Waals surface area contributed by atoms with Gasteiger partial charge in [0.15, 0.2) is 10.7 Å². The zero-order valence-corrected chi connectivity index (χ0v) is 19.8. The summed E-state index contributed by atoms with van der Waals surface area (Å²) in [5.74, 6) is -2.16. The van der Waals surface area contributed by atoms with E-state index in [2.05, 4.69) is 25.5 Å². The number of aromatic nitrogens is 3. The molecule has 1 fully saturated rings. The zero-order chi connectivity index (χ0) is 24.7. The van der Waals surface area contributed by atoms with Crippen LogP contribution in [0.15, 0.2) is 53.9 Å². The molecule has 3 aromatic heterocycles. The molecule has 1 aliphatic rings. The van der Waals surface area contributed by atoms with Crippen LogP contribution in [0.4, 0.5) is 14.5 Å². The molecule has 0 saturated carbocycles. The molecule has 0 amide bonds. The van der Waals surface area contributed by atoms with E-state index >= 15 is 4.39 Å². The van der Waals surface area contributed by atoms with E-state index in [1.807, 2.05) is 0 Å². The van der Waals surface area contributed by atoms with Gasteiger partial charge in [-0.3, -0.25) is 10.1 Å². The summed E-state index contributed by atoms with van der Waals surface area (Å²) in [4.78, 5) is 7.87. The highest BCUT2D eigenvalue weighted by molar-refractivity contribution is 7.92. The molecule has 1 atom stereocenters. The third-order valence-electron chi connectivity index (χ3n) is 5.62. The van der Waals surface area contributed by atoms with Crippen LogP contribution in [0, 0.1) is 11.6 Å². The minimum Gasteiger partial charge on any atom is -0.480 e. The first-order valence-corrected chi connectivity index (χ1v) is 12.3. The molecule has 1 saturated heterocycles. The molecule has 182 valence electrons. The van der Waals surface area contributed by atoms with Crippen molar-refractivity contribution in [3.63, 3.8) is 0 Å². The van der Waals surface area contributed by atoms with E-state index in [1.54, 1.807) is 22.9 Å². The lowest BCUT2D eigenvalue weighted by atomic mass is 10.0. The molecule has 4 aromatic rings. The molecule has 4 heterocycles. The minimum absolute atomic E-state index is 0.0232. The Balaban J connectivity index is 1.53. The number of nitrogens with zero attached hydrogens (tertiary/aromatic N) is 3. The molecular formula is C22H19ClF2N6O3S. The molecule has 1 unspecified atom stereocenters. The summed E-state index contributed by atoms with van der Waals surface area (Å²) >= 11 is 5.88. The lowest BCUT2D eigenvalue weighted by Gasteiger charge is -2.14. The van der Waals surface area contributed by atoms with E-state index in [-0.39, 0.29) is 33.0 Å². The first kappa shape index (κ1) is 23.4. The van der Waals surface area contributed by atoms with Crippen LogP contribution in [0.3, 0.4) is 0 Å². The third-order valence-corrected chi connectivity index (χ3v) is 7.18. The van der Waals surface area contributed by atoms with Crippen molar-refractivity contribution in [1.29, 1.82) is 0 Å². The van der Waals surface area contributed by atoms with E-state index in [0.29, 0.717) is 0 Å². The number of pyridine rings is 2. The van der Waals surface area contributed by atoms with Crippen molar-refractivity contribution in [3.05, 3.63) is 71.4 Å². The van der Waals surface area contributed by atoms with E-state index in [1.165, 1.54) is 19.5 Å². The number of sulfonamides is 1. The number of hydrazine groups is 1. The molecule has 0 radical (unpaired) electrons. The number of fused-ring (bicyclic) bond motifs is 1. The second-order valence-electron chi connectivity index (χ2n) is 7.80. The smallest absolute Gasteiger partial charge is 0.267 e. The van der Waals surface area contributed by atoms with Crippen LogP contribution in [-0.4, -0.2) is 36.4 Å².